The topological polar surface area (TPSA) is 43.3 Å². The zero-order valence-electron chi connectivity index (χ0n) is 17.4. The van der Waals surface area contributed by atoms with Gasteiger partial charge in [-0.25, -0.2) is 4.39 Å². The molecule has 0 saturated heterocycles. The van der Waals surface area contributed by atoms with Crippen molar-refractivity contribution in [2.45, 2.75) is 19.1 Å². The Kier molecular flexibility index (Phi) is 6.32. The molecule has 4 rings (SSSR count). The molecule has 0 fully saturated rings. The molecule has 158 valence electrons. The van der Waals surface area contributed by atoms with E-state index in [1.807, 2.05) is 96.5 Å². The van der Waals surface area contributed by atoms with Crippen molar-refractivity contribution in [3.8, 4) is 5.75 Å². The number of aromatic nitrogens is 1. The highest BCUT2D eigenvalue weighted by molar-refractivity contribution is 6.00. The zero-order valence-corrected chi connectivity index (χ0v) is 17.4. The summed E-state index contributed by atoms with van der Waals surface area (Å²) < 4.78 is 21.5. The van der Waals surface area contributed by atoms with Crippen molar-refractivity contribution in [1.29, 1.82) is 0 Å². The third-order valence-electron chi connectivity index (χ3n) is 5.36. The van der Waals surface area contributed by atoms with Crippen molar-refractivity contribution in [2.24, 2.45) is 7.05 Å². The average molecular weight is 416 g/mol. The van der Waals surface area contributed by atoms with Crippen LogP contribution in [0, 0.1) is 0 Å². The molecular weight excluding hydrogens is 391 g/mol. The zero-order chi connectivity index (χ0) is 21.6. The van der Waals surface area contributed by atoms with Crippen LogP contribution in [-0.2, 0) is 20.1 Å². The molecule has 1 aromatic heterocycles. The second kappa shape index (κ2) is 9.47. The number of carbonyl (C=O) groups excluding carboxylic acids is 1. The molecule has 0 aliphatic heterocycles. The van der Waals surface area contributed by atoms with Crippen molar-refractivity contribution in [2.75, 3.05) is 6.67 Å². The van der Waals surface area contributed by atoms with E-state index >= 15 is 0 Å². The molecule has 1 heterocycles. The Morgan fingerprint density at radius 1 is 0.968 bits per heavy atom. The number of halogens is 1. The number of benzene rings is 3. The van der Waals surface area contributed by atoms with E-state index in [2.05, 4.69) is 5.32 Å². The Hall–Kier alpha value is -3.60. The number of amides is 1. The van der Waals surface area contributed by atoms with Crippen LogP contribution < -0.4 is 10.1 Å². The lowest BCUT2D eigenvalue weighted by atomic mass is 10.1. The fourth-order valence-electron chi connectivity index (χ4n) is 3.71. The first-order chi connectivity index (χ1) is 15.2. The lowest BCUT2D eigenvalue weighted by Gasteiger charge is -2.16. The van der Waals surface area contributed by atoms with Gasteiger partial charge >= 0.3 is 0 Å². The molecule has 1 unspecified atom stereocenters. The van der Waals surface area contributed by atoms with Crippen molar-refractivity contribution >= 4 is 16.8 Å². The van der Waals surface area contributed by atoms with Crippen molar-refractivity contribution in [3.05, 3.63) is 102 Å². The molecule has 0 aliphatic carbocycles. The SMILES string of the molecule is Cn1c(C(=O)NC(CF)Cc2ccccc2)cc2c(OCc3ccccc3)cccc21. The smallest absolute Gasteiger partial charge is 0.268 e. The Morgan fingerprint density at radius 2 is 1.65 bits per heavy atom. The number of hydrogen-bond acceptors (Lipinski definition) is 2. The van der Waals surface area contributed by atoms with Crippen LogP contribution in [-0.4, -0.2) is 23.2 Å². The highest BCUT2D eigenvalue weighted by atomic mass is 19.1. The molecule has 0 aliphatic rings. The van der Waals surface area contributed by atoms with Crippen molar-refractivity contribution < 1.29 is 13.9 Å². The molecule has 3 aromatic carbocycles. The van der Waals surface area contributed by atoms with E-state index in [4.69, 9.17) is 4.74 Å². The minimum atomic E-state index is -0.629. The van der Waals surface area contributed by atoms with Crippen LogP contribution in [0.5, 0.6) is 5.75 Å². The number of rotatable bonds is 8. The second-order valence-corrected chi connectivity index (χ2v) is 7.57. The molecule has 0 saturated carbocycles. The Bertz CT molecular complexity index is 1160. The van der Waals surface area contributed by atoms with E-state index in [1.165, 1.54) is 0 Å². The van der Waals surface area contributed by atoms with Gasteiger partial charge in [-0.05, 0) is 35.7 Å². The van der Waals surface area contributed by atoms with Gasteiger partial charge in [0.25, 0.3) is 5.91 Å². The molecule has 0 bridgehead atoms. The first-order valence-electron chi connectivity index (χ1n) is 10.3. The normalized spacial score (nSPS) is 11.9. The van der Waals surface area contributed by atoms with Gasteiger partial charge in [-0.2, -0.15) is 0 Å². The fourth-order valence-corrected chi connectivity index (χ4v) is 3.71. The first kappa shape index (κ1) is 20.7. The summed E-state index contributed by atoms with van der Waals surface area (Å²) in [7, 11) is 1.83. The maximum Gasteiger partial charge on any atom is 0.268 e. The highest BCUT2D eigenvalue weighted by Gasteiger charge is 2.19. The quantitative estimate of drug-likeness (QED) is 0.436. The maximum absolute atomic E-state index is 13.6. The largest absolute Gasteiger partial charge is 0.488 e. The molecule has 1 N–H and O–H groups in total. The molecule has 1 amide bonds. The van der Waals surface area contributed by atoms with Crippen LogP contribution in [0.15, 0.2) is 84.9 Å². The summed E-state index contributed by atoms with van der Waals surface area (Å²) in [5, 5.41) is 3.69. The number of aryl methyl sites for hydroxylation is 1. The monoisotopic (exact) mass is 416 g/mol. The van der Waals surface area contributed by atoms with E-state index in [1.54, 1.807) is 0 Å². The number of ether oxygens (including phenoxy) is 1. The van der Waals surface area contributed by atoms with Gasteiger partial charge in [0.1, 0.15) is 24.7 Å². The number of carbonyl (C=O) groups is 1. The summed E-state index contributed by atoms with van der Waals surface area (Å²) in [5.74, 6) is 0.411. The standard InChI is InChI=1S/C26H25FN2O2/c1-29-23-13-8-14-25(31-18-20-11-6-3-7-12-20)22(23)16-24(29)26(30)28-21(17-27)15-19-9-4-2-5-10-19/h2-14,16,21H,15,17-18H2,1H3,(H,28,30). The van der Waals surface area contributed by atoms with Crippen LogP contribution in [0.25, 0.3) is 10.9 Å². The molecule has 5 heteroatoms. The average Bonchev–Trinajstić information content (AvgIpc) is 3.16. The van der Waals surface area contributed by atoms with Crippen molar-refractivity contribution in [1.82, 2.24) is 9.88 Å². The van der Waals surface area contributed by atoms with E-state index in [-0.39, 0.29) is 5.91 Å². The van der Waals surface area contributed by atoms with Gasteiger partial charge in [0.05, 0.1) is 11.6 Å². The Balaban J connectivity index is 1.53. The molecule has 4 aromatic rings. The molecule has 1 atom stereocenters. The van der Waals surface area contributed by atoms with Crippen LogP contribution in [0.1, 0.15) is 21.6 Å². The van der Waals surface area contributed by atoms with E-state index in [9.17, 15) is 9.18 Å². The van der Waals surface area contributed by atoms with Gasteiger partial charge in [0, 0.05) is 12.4 Å². The van der Waals surface area contributed by atoms with Crippen molar-refractivity contribution in [3.63, 3.8) is 0 Å². The molecule has 0 radical (unpaired) electrons. The van der Waals surface area contributed by atoms with Crippen LogP contribution in [0.2, 0.25) is 0 Å². The molecule has 31 heavy (non-hydrogen) atoms. The summed E-state index contributed by atoms with van der Waals surface area (Å²) in [4.78, 5) is 12.9. The van der Waals surface area contributed by atoms with Gasteiger partial charge in [0.15, 0.2) is 0 Å². The number of nitrogens with zero attached hydrogens (tertiary/aromatic N) is 1. The summed E-state index contributed by atoms with van der Waals surface area (Å²) in [6, 6.07) is 26.5. The predicted molar refractivity (Wildman–Crippen MR) is 121 cm³/mol. The third-order valence-corrected chi connectivity index (χ3v) is 5.36. The minimum Gasteiger partial charge on any atom is -0.488 e. The lowest BCUT2D eigenvalue weighted by Crippen LogP contribution is -2.38. The van der Waals surface area contributed by atoms with Gasteiger partial charge < -0.3 is 14.6 Å². The third kappa shape index (κ3) is 4.77. The second-order valence-electron chi connectivity index (χ2n) is 7.57. The summed E-state index contributed by atoms with van der Waals surface area (Å²) in [6.07, 6.45) is 0.443. The molecular formula is C26H25FN2O2. The number of alkyl halides is 1. The number of hydrogen-bond donors (Lipinski definition) is 1. The first-order valence-corrected chi connectivity index (χ1v) is 10.3. The predicted octanol–water partition coefficient (Wildman–Crippen LogP) is 5.07. The Labute approximate surface area is 181 Å². The Morgan fingerprint density at radius 3 is 2.32 bits per heavy atom. The van der Waals surface area contributed by atoms with E-state index in [0.29, 0.717) is 24.5 Å². The van der Waals surface area contributed by atoms with Gasteiger partial charge in [-0.1, -0.05) is 66.7 Å². The highest BCUT2D eigenvalue weighted by Crippen LogP contribution is 2.29. The summed E-state index contributed by atoms with van der Waals surface area (Å²) in [6.45, 7) is -0.187. The fraction of sp³-hybridized carbons (Fsp3) is 0.192. The van der Waals surface area contributed by atoms with E-state index < -0.39 is 12.7 Å². The maximum atomic E-state index is 13.6. The molecule has 4 nitrogen and oxygen atoms in total. The van der Waals surface area contributed by atoms with Crippen LogP contribution in [0.3, 0.4) is 0 Å². The van der Waals surface area contributed by atoms with Crippen LogP contribution in [0.4, 0.5) is 4.39 Å². The number of nitrogens with one attached hydrogen (secondary N) is 1. The van der Waals surface area contributed by atoms with Crippen LogP contribution >= 0.6 is 0 Å². The summed E-state index contributed by atoms with van der Waals surface area (Å²) >= 11 is 0. The lowest BCUT2D eigenvalue weighted by molar-refractivity contribution is 0.0922. The van der Waals surface area contributed by atoms with Gasteiger partial charge in [-0.3, -0.25) is 4.79 Å². The van der Waals surface area contributed by atoms with Gasteiger partial charge in [-0.15, -0.1) is 0 Å². The minimum absolute atomic E-state index is 0.300. The summed E-state index contributed by atoms with van der Waals surface area (Å²) in [5.41, 5.74) is 3.41. The van der Waals surface area contributed by atoms with E-state index in [0.717, 1.165) is 22.0 Å². The molecule has 0 spiro atoms. The number of fused-ring (bicyclic) bond motifs is 1. The van der Waals surface area contributed by atoms with Gasteiger partial charge in [0.2, 0.25) is 0 Å².